The second-order valence-corrected chi connectivity index (χ2v) is 4.12. The molecular formula is C14H17N3O. The molecule has 0 bridgehead atoms. The molecule has 0 amide bonds. The highest BCUT2D eigenvalue weighted by Crippen LogP contribution is 2.22. The van der Waals surface area contributed by atoms with Crippen LogP contribution in [0.5, 0.6) is 5.75 Å². The molecule has 0 aliphatic rings. The van der Waals surface area contributed by atoms with E-state index in [2.05, 4.69) is 22.2 Å². The van der Waals surface area contributed by atoms with E-state index >= 15 is 0 Å². The molecular weight excluding hydrogens is 226 g/mol. The van der Waals surface area contributed by atoms with Crippen LogP contribution >= 0.6 is 0 Å². The first kappa shape index (κ1) is 12.4. The van der Waals surface area contributed by atoms with E-state index in [0.717, 1.165) is 22.8 Å². The fourth-order valence-electron chi connectivity index (χ4n) is 1.87. The molecule has 18 heavy (non-hydrogen) atoms. The Kier molecular flexibility index (Phi) is 3.77. The molecule has 0 radical (unpaired) electrons. The number of hydrogen-bond acceptors (Lipinski definition) is 4. The van der Waals surface area contributed by atoms with E-state index in [4.69, 9.17) is 4.74 Å². The molecule has 0 saturated heterocycles. The Balaban J connectivity index is 2.16. The highest BCUT2D eigenvalue weighted by Gasteiger charge is 2.10. The molecule has 1 atom stereocenters. The maximum atomic E-state index is 5.20. The number of nitrogens with zero attached hydrogens (tertiary/aromatic N) is 2. The first-order chi connectivity index (χ1) is 8.70. The number of aromatic nitrogens is 2. The van der Waals surface area contributed by atoms with Crippen molar-refractivity contribution in [3.63, 3.8) is 0 Å². The zero-order chi connectivity index (χ0) is 13.0. The Morgan fingerprint density at radius 3 is 2.72 bits per heavy atom. The lowest BCUT2D eigenvalue weighted by Gasteiger charge is -2.16. The summed E-state index contributed by atoms with van der Waals surface area (Å²) >= 11 is 0. The summed E-state index contributed by atoms with van der Waals surface area (Å²) in [6, 6.07) is 7.94. The van der Waals surface area contributed by atoms with Crippen LogP contribution in [0.1, 0.15) is 24.4 Å². The topological polar surface area (TPSA) is 47.0 Å². The second-order valence-electron chi connectivity index (χ2n) is 4.12. The minimum Gasteiger partial charge on any atom is -0.497 e. The molecule has 1 N–H and O–H groups in total. The lowest BCUT2D eigenvalue weighted by atomic mass is 10.1. The van der Waals surface area contributed by atoms with Crippen molar-refractivity contribution in [1.82, 2.24) is 9.97 Å². The number of anilines is 1. The van der Waals surface area contributed by atoms with Gasteiger partial charge >= 0.3 is 0 Å². The quantitative estimate of drug-likeness (QED) is 0.896. The van der Waals surface area contributed by atoms with E-state index in [1.54, 1.807) is 19.5 Å². The number of methoxy groups -OCH3 is 1. The van der Waals surface area contributed by atoms with Crippen LogP contribution in [0.25, 0.3) is 0 Å². The molecule has 1 unspecified atom stereocenters. The summed E-state index contributed by atoms with van der Waals surface area (Å²) < 4.78 is 5.20. The largest absolute Gasteiger partial charge is 0.497 e. The Hall–Kier alpha value is -2.10. The van der Waals surface area contributed by atoms with E-state index in [0.29, 0.717) is 0 Å². The Bertz CT molecular complexity index is 528. The smallest absolute Gasteiger partial charge is 0.120 e. The molecule has 0 saturated carbocycles. The van der Waals surface area contributed by atoms with Gasteiger partial charge in [0.15, 0.2) is 0 Å². The average molecular weight is 243 g/mol. The summed E-state index contributed by atoms with van der Waals surface area (Å²) in [5.74, 6) is 0.836. The van der Waals surface area contributed by atoms with Crippen LogP contribution in [-0.4, -0.2) is 17.1 Å². The summed E-state index contributed by atoms with van der Waals surface area (Å²) in [6.07, 6.45) is 3.42. The number of rotatable bonds is 4. The molecule has 1 aromatic carbocycles. The standard InChI is InChI=1S/C14H17N3O/c1-10-14(16-8-7-15-10)11(2)17-12-5-4-6-13(9-12)18-3/h4-9,11,17H,1-3H3. The van der Waals surface area contributed by atoms with Crippen LogP contribution in [-0.2, 0) is 0 Å². The maximum Gasteiger partial charge on any atom is 0.120 e. The lowest BCUT2D eigenvalue weighted by Crippen LogP contribution is -2.10. The fraction of sp³-hybridized carbons (Fsp3) is 0.286. The van der Waals surface area contributed by atoms with Gasteiger partial charge in [0, 0.05) is 24.1 Å². The molecule has 4 nitrogen and oxygen atoms in total. The van der Waals surface area contributed by atoms with Gasteiger partial charge in [0.2, 0.25) is 0 Å². The van der Waals surface area contributed by atoms with Crippen molar-refractivity contribution in [3.05, 3.63) is 48.0 Å². The normalized spacial score (nSPS) is 11.9. The highest BCUT2D eigenvalue weighted by atomic mass is 16.5. The summed E-state index contributed by atoms with van der Waals surface area (Å²) in [6.45, 7) is 4.03. The third-order valence-electron chi connectivity index (χ3n) is 2.78. The van der Waals surface area contributed by atoms with Gasteiger partial charge in [-0.15, -0.1) is 0 Å². The van der Waals surface area contributed by atoms with E-state index < -0.39 is 0 Å². The number of nitrogens with one attached hydrogen (secondary N) is 1. The summed E-state index contributed by atoms with van der Waals surface area (Å²) in [4.78, 5) is 8.61. The molecule has 0 spiro atoms. The van der Waals surface area contributed by atoms with Gasteiger partial charge in [-0.1, -0.05) is 6.07 Å². The molecule has 4 heteroatoms. The molecule has 0 aliphatic heterocycles. The maximum absolute atomic E-state index is 5.20. The number of ether oxygens (including phenoxy) is 1. The van der Waals surface area contributed by atoms with Crippen molar-refractivity contribution in [1.29, 1.82) is 0 Å². The molecule has 0 aliphatic carbocycles. The predicted octanol–water partition coefficient (Wildman–Crippen LogP) is 2.97. The molecule has 1 aromatic heterocycles. The van der Waals surface area contributed by atoms with Gasteiger partial charge < -0.3 is 10.1 Å². The van der Waals surface area contributed by atoms with E-state index in [1.807, 2.05) is 31.2 Å². The van der Waals surface area contributed by atoms with Gasteiger partial charge in [-0.3, -0.25) is 9.97 Å². The second kappa shape index (κ2) is 5.49. The van der Waals surface area contributed by atoms with Gasteiger partial charge in [-0.25, -0.2) is 0 Å². The van der Waals surface area contributed by atoms with Crippen molar-refractivity contribution in [2.75, 3.05) is 12.4 Å². The Morgan fingerprint density at radius 2 is 2.00 bits per heavy atom. The van der Waals surface area contributed by atoms with E-state index in [1.165, 1.54) is 0 Å². The van der Waals surface area contributed by atoms with Crippen LogP contribution in [0.15, 0.2) is 36.7 Å². The minimum absolute atomic E-state index is 0.103. The summed E-state index contributed by atoms with van der Waals surface area (Å²) in [5.41, 5.74) is 2.91. The Labute approximate surface area is 107 Å². The number of benzene rings is 1. The summed E-state index contributed by atoms with van der Waals surface area (Å²) in [7, 11) is 1.66. The van der Waals surface area contributed by atoms with Gasteiger partial charge in [0.1, 0.15) is 5.75 Å². The average Bonchev–Trinajstić information content (AvgIpc) is 2.39. The monoisotopic (exact) mass is 243 g/mol. The molecule has 0 fully saturated rings. The van der Waals surface area contributed by atoms with Crippen molar-refractivity contribution in [3.8, 4) is 5.75 Å². The van der Waals surface area contributed by atoms with E-state index in [-0.39, 0.29) is 6.04 Å². The molecule has 2 rings (SSSR count). The van der Waals surface area contributed by atoms with E-state index in [9.17, 15) is 0 Å². The zero-order valence-corrected chi connectivity index (χ0v) is 10.8. The lowest BCUT2D eigenvalue weighted by molar-refractivity contribution is 0.415. The van der Waals surface area contributed by atoms with Crippen molar-refractivity contribution < 1.29 is 4.74 Å². The number of hydrogen-bond donors (Lipinski definition) is 1. The molecule has 1 heterocycles. The highest BCUT2D eigenvalue weighted by molar-refractivity contribution is 5.49. The van der Waals surface area contributed by atoms with Crippen molar-refractivity contribution in [2.45, 2.75) is 19.9 Å². The predicted molar refractivity (Wildman–Crippen MR) is 71.8 cm³/mol. The first-order valence-corrected chi connectivity index (χ1v) is 5.89. The fourth-order valence-corrected chi connectivity index (χ4v) is 1.87. The third kappa shape index (κ3) is 2.77. The van der Waals surface area contributed by atoms with Crippen LogP contribution in [0, 0.1) is 6.92 Å². The Morgan fingerprint density at radius 1 is 1.22 bits per heavy atom. The number of aryl methyl sites for hydroxylation is 1. The van der Waals surface area contributed by atoms with Gasteiger partial charge in [0.25, 0.3) is 0 Å². The zero-order valence-electron chi connectivity index (χ0n) is 10.8. The van der Waals surface area contributed by atoms with Crippen LogP contribution in [0.2, 0.25) is 0 Å². The van der Waals surface area contributed by atoms with Crippen LogP contribution in [0.4, 0.5) is 5.69 Å². The van der Waals surface area contributed by atoms with Gasteiger partial charge in [0.05, 0.1) is 24.5 Å². The molecule has 2 aromatic rings. The van der Waals surface area contributed by atoms with Crippen molar-refractivity contribution >= 4 is 5.69 Å². The molecule has 94 valence electrons. The van der Waals surface area contributed by atoms with Gasteiger partial charge in [-0.2, -0.15) is 0 Å². The third-order valence-corrected chi connectivity index (χ3v) is 2.78. The van der Waals surface area contributed by atoms with Crippen LogP contribution in [0.3, 0.4) is 0 Å². The van der Waals surface area contributed by atoms with Gasteiger partial charge in [-0.05, 0) is 26.0 Å². The SMILES string of the molecule is COc1cccc(NC(C)c2nccnc2C)c1. The minimum atomic E-state index is 0.103. The first-order valence-electron chi connectivity index (χ1n) is 5.89. The summed E-state index contributed by atoms with van der Waals surface area (Å²) in [5, 5.41) is 3.39. The van der Waals surface area contributed by atoms with Crippen molar-refractivity contribution in [2.24, 2.45) is 0 Å². The van der Waals surface area contributed by atoms with Crippen LogP contribution < -0.4 is 10.1 Å².